The first-order valence-corrected chi connectivity index (χ1v) is 8.60. The predicted molar refractivity (Wildman–Crippen MR) is 97.0 cm³/mol. The number of carbonyl (C=O) groups is 2. The number of nitrogens with zero attached hydrogens (tertiary/aromatic N) is 2. The highest BCUT2D eigenvalue weighted by molar-refractivity contribution is 6.32. The summed E-state index contributed by atoms with van der Waals surface area (Å²) in [6.45, 7) is 7.46. The van der Waals surface area contributed by atoms with Crippen LogP contribution in [0.2, 0.25) is 5.02 Å². The van der Waals surface area contributed by atoms with E-state index >= 15 is 0 Å². The van der Waals surface area contributed by atoms with Crippen molar-refractivity contribution in [1.29, 1.82) is 0 Å². The van der Waals surface area contributed by atoms with Gasteiger partial charge in [0.2, 0.25) is 0 Å². The van der Waals surface area contributed by atoms with Crippen molar-refractivity contribution in [1.82, 2.24) is 9.80 Å². The molecule has 0 aliphatic carbocycles. The van der Waals surface area contributed by atoms with Gasteiger partial charge in [0, 0.05) is 32.7 Å². The molecule has 0 atom stereocenters. The Hall–Kier alpha value is -1.87. The van der Waals surface area contributed by atoms with E-state index in [0.29, 0.717) is 18.2 Å². The Kier molecular flexibility index (Phi) is 10.6. The number of hydrogen-bond donors (Lipinski definition) is 2. The number of aliphatic carboxylic acids is 2. The van der Waals surface area contributed by atoms with Crippen LogP contribution in [0.25, 0.3) is 0 Å². The van der Waals surface area contributed by atoms with Crippen molar-refractivity contribution in [2.45, 2.75) is 0 Å². The monoisotopic (exact) mass is 388 g/mol. The number of rotatable bonds is 7. The first-order valence-electron chi connectivity index (χ1n) is 8.22. The molecular formula is C17H25ClN2O6. The molecule has 146 valence electrons. The van der Waals surface area contributed by atoms with Gasteiger partial charge in [0.1, 0.15) is 12.4 Å². The zero-order valence-corrected chi connectivity index (χ0v) is 15.5. The molecule has 0 saturated carbocycles. The lowest BCUT2D eigenvalue weighted by molar-refractivity contribution is -0.159. The Morgan fingerprint density at radius 2 is 1.65 bits per heavy atom. The highest BCUT2D eigenvalue weighted by atomic mass is 35.5. The van der Waals surface area contributed by atoms with E-state index < -0.39 is 11.9 Å². The molecule has 0 spiro atoms. The van der Waals surface area contributed by atoms with Gasteiger partial charge in [-0.3, -0.25) is 4.90 Å². The Bertz CT molecular complexity index is 552. The van der Waals surface area contributed by atoms with Gasteiger partial charge >= 0.3 is 11.9 Å². The predicted octanol–water partition coefficient (Wildman–Crippen LogP) is 1.14. The molecule has 0 unspecified atom stereocenters. The average Bonchev–Trinajstić information content (AvgIpc) is 2.61. The minimum atomic E-state index is -1.82. The van der Waals surface area contributed by atoms with Crippen molar-refractivity contribution in [3.05, 3.63) is 29.3 Å². The summed E-state index contributed by atoms with van der Waals surface area (Å²) in [5.41, 5.74) is 0. The Balaban J connectivity index is 0.000000487. The van der Waals surface area contributed by atoms with Crippen molar-refractivity contribution >= 4 is 23.5 Å². The summed E-state index contributed by atoms with van der Waals surface area (Å²) >= 11 is 6.00. The van der Waals surface area contributed by atoms with Crippen LogP contribution in [0.4, 0.5) is 0 Å². The number of carboxylic acid groups (broad SMARTS) is 2. The molecule has 1 heterocycles. The Labute approximate surface area is 157 Å². The van der Waals surface area contributed by atoms with Crippen LogP contribution in [0.15, 0.2) is 24.3 Å². The summed E-state index contributed by atoms with van der Waals surface area (Å²) in [6, 6.07) is 7.49. The zero-order chi connectivity index (χ0) is 19.4. The second-order valence-electron chi connectivity index (χ2n) is 5.65. The lowest BCUT2D eigenvalue weighted by atomic mass is 10.3. The highest BCUT2D eigenvalue weighted by Gasteiger charge is 2.12. The Morgan fingerprint density at radius 3 is 2.23 bits per heavy atom. The van der Waals surface area contributed by atoms with E-state index in [1.165, 1.54) is 0 Å². The average molecular weight is 389 g/mol. The molecule has 1 aliphatic heterocycles. The van der Waals surface area contributed by atoms with E-state index in [9.17, 15) is 0 Å². The van der Waals surface area contributed by atoms with Gasteiger partial charge in [-0.25, -0.2) is 9.59 Å². The van der Waals surface area contributed by atoms with Crippen LogP contribution in [0.1, 0.15) is 0 Å². The van der Waals surface area contributed by atoms with E-state index in [2.05, 4.69) is 16.8 Å². The fraction of sp³-hybridized carbons (Fsp3) is 0.529. The topological polar surface area (TPSA) is 99.5 Å². The molecule has 1 saturated heterocycles. The molecule has 1 fully saturated rings. The van der Waals surface area contributed by atoms with Crippen molar-refractivity contribution < 1.29 is 29.3 Å². The molecule has 26 heavy (non-hydrogen) atoms. The molecule has 0 amide bonds. The van der Waals surface area contributed by atoms with Gasteiger partial charge in [-0.2, -0.15) is 0 Å². The van der Waals surface area contributed by atoms with Gasteiger partial charge in [-0.15, -0.1) is 0 Å². The first-order chi connectivity index (χ1) is 12.4. The fourth-order valence-corrected chi connectivity index (χ4v) is 2.33. The number of para-hydroxylation sites is 1. The van der Waals surface area contributed by atoms with Gasteiger partial charge in [0.15, 0.2) is 0 Å². The van der Waals surface area contributed by atoms with Gasteiger partial charge in [-0.1, -0.05) is 23.7 Å². The number of carboxylic acids is 2. The van der Waals surface area contributed by atoms with Crippen LogP contribution in [-0.4, -0.2) is 91.5 Å². The molecule has 0 bridgehead atoms. The van der Waals surface area contributed by atoms with E-state index in [-0.39, 0.29) is 0 Å². The van der Waals surface area contributed by atoms with Gasteiger partial charge in [0.05, 0.1) is 18.2 Å². The quantitative estimate of drug-likeness (QED) is 0.530. The number of hydrogen-bond acceptors (Lipinski definition) is 6. The summed E-state index contributed by atoms with van der Waals surface area (Å²) in [4.78, 5) is 23.0. The molecule has 2 rings (SSSR count). The van der Waals surface area contributed by atoms with E-state index in [0.717, 1.165) is 45.1 Å². The third kappa shape index (κ3) is 9.57. The third-order valence-corrected chi connectivity index (χ3v) is 3.96. The number of ether oxygens (including phenoxy) is 2. The lowest BCUT2D eigenvalue weighted by Crippen LogP contribution is -2.45. The maximum Gasteiger partial charge on any atom is 0.414 e. The van der Waals surface area contributed by atoms with E-state index in [1.54, 1.807) is 0 Å². The van der Waals surface area contributed by atoms with Gasteiger partial charge < -0.3 is 24.6 Å². The second kappa shape index (κ2) is 12.5. The zero-order valence-electron chi connectivity index (χ0n) is 14.8. The summed E-state index contributed by atoms with van der Waals surface area (Å²) < 4.78 is 11.2. The van der Waals surface area contributed by atoms with Gasteiger partial charge in [-0.05, 0) is 19.2 Å². The molecular weight excluding hydrogens is 364 g/mol. The second-order valence-corrected chi connectivity index (χ2v) is 6.05. The van der Waals surface area contributed by atoms with E-state index in [1.807, 2.05) is 24.3 Å². The maximum absolute atomic E-state index is 9.10. The van der Waals surface area contributed by atoms with Crippen LogP contribution in [-0.2, 0) is 14.3 Å². The largest absolute Gasteiger partial charge is 0.490 e. The molecule has 1 aromatic carbocycles. The summed E-state index contributed by atoms with van der Waals surface area (Å²) in [5.74, 6) is -2.93. The molecule has 0 aromatic heterocycles. The number of halogens is 1. The van der Waals surface area contributed by atoms with Crippen molar-refractivity contribution in [2.24, 2.45) is 0 Å². The van der Waals surface area contributed by atoms with Crippen LogP contribution in [0.5, 0.6) is 5.75 Å². The number of likely N-dealkylation sites (N-methyl/N-ethyl adjacent to an activating group) is 1. The SMILES string of the molecule is CN1CCN(CCOCCOc2ccccc2Cl)CC1.O=C(O)C(=O)O. The lowest BCUT2D eigenvalue weighted by Gasteiger charge is -2.32. The van der Waals surface area contributed by atoms with E-state index in [4.69, 9.17) is 40.9 Å². The first kappa shape index (κ1) is 22.2. The van der Waals surface area contributed by atoms with Gasteiger partial charge in [0.25, 0.3) is 0 Å². The van der Waals surface area contributed by atoms with Crippen LogP contribution in [0.3, 0.4) is 0 Å². The minimum absolute atomic E-state index is 0.534. The minimum Gasteiger partial charge on any atom is -0.490 e. The van der Waals surface area contributed by atoms with Crippen molar-refractivity contribution in [3.63, 3.8) is 0 Å². The molecule has 1 aliphatic rings. The summed E-state index contributed by atoms with van der Waals surface area (Å²) in [5, 5.41) is 15.4. The van der Waals surface area contributed by atoms with Crippen molar-refractivity contribution in [3.8, 4) is 5.75 Å². The molecule has 0 radical (unpaired) electrons. The summed E-state index contributed by atoms with van der Waals surface area (Å²) in [6.07, 6.45) is 0. The number of piperazine rings is 1. The van der Waals surface area contributed by atoms with Crippen molar-refractivity contribution in [2.75, 3.05) is 59.6 Å². The van der Waals surface area contributed by atoms with Crippen LogP contribution >= 0.6 is 11.6 Å². The maximum atomic E-state index is 9.10. The molecule has 9 heteroatoms. The normalized spacial score (nSPS) is 15.0. The highest BCUT2D eigenvalue weighted by Crippen LogP contribution is 2.22. The molecule has 8 nitrogen and oxygen atoms in total. The summed E-state index contributed by atoms with van der Waals surface area (Å²) in [7, 11) is 2.17. The third-order valence-electron chi connectivity index (χ3n) is 3.65. The number of benzene rings is 1. The smallest absolute Gasteiger partial charge is 0.414 e. The van der Waals surface area contributed by atoms with Crippen LogP contribution in [0, 0.1) is 0 Å². The van der Waals surface area contributed by atoms with Crippen LogP contribution < -0.4 is 4.74 Å². The Morgan fingerprint density at radius 1 is 1.04 bits per heavy atom. The molecule has 1 aromatic rings. The molecule has 2 N–H and O–H groups in total. The standard InChI is InChI=1S/C15H23ClN2O2.C2H2O4/c1-17-6-8-18(9-7-17)10-11-19-12-13-20-15-5-3-2-4-14(15)16;3-1(4)2(5)6/h2-5H,6-13H2,1H3;(H,3,4)(H,5,6). The fourth-order valence-electron chi connectivity index (χ4n) is 2.14.